The maximum absolute atomic E-state index is 12.1. The van der Waals surface area contributed by atoms with Crippen LogP contribution in [0.25, 0.3) is 0 Å². The lowest BCUT2D eigenvalue weighted by Crippen LogP contribution is -2.38. The molecule has 0 bridgehead atoms. The monoisotopic (exact) mass is 268 g/mol. The molecule has 1 heterocycles. The van der Waals surface area contributed by atoms with Crippen molar-refractivity contribution < 1.29 is 14.7 Å². The first-order valence-corrected chi connectivity index (χ1v) is 6.37. The first-order valence-electron chi connectivity index (χ1n) is 6.37. The van der Waals surface area contributed by atoms with Crippen molar-refractivity contribution in [3.63, 3.8) is 0 Å². The van der Waals surface area contributed by atoms with Gasteiger partial charge in [-0.2, -0.15) is 0 Å². The Balaban J connectivity index is 2.85. The fourth-order valence-corrected chi connectivity index (χ4v) is 1.83. The molecule has 106 valence electrons. The first-order chi connectivity index (χ1) is 8.92. The molecule has 1 amide bonds. The first kappa shape index (κ1) is 15.1. The summed E-state index contributed by atoms with van der Waals surface area (Å²) >= 11 is 0. The maximum atomic E-state index is 12.1. The van der Waals surface area contributed by atoms with Crippen LogP contribution >= 0.6 is 0 Å². The van der Waals surface area contributed by atoms with Gasteiger partial charge in [0.15, 0.2) is 5.69 Å². The van der Waals surface area contributed by atoms with Gasteiger partial charge in [-0.15, -0.1) is 5.10 Å². The van der Waals surface area contributed by atoms with Crippen molar-refractivity contribution in [2.45, 2.75) is 52.6 Å². The normalized spacial score (nSPS) is 12.5. The second kappa shape index (κ2) is 6.31. The molecule has 1 aromatic heterocycles. The summed E-state index contributed by atoms with van der Waals surface area (Å²) in [5, 5.41) is 19.1. The Morgan fingerprint density at radius 2 is 1.95 bits per heavy atom. The fourth-order valence-electron chi connectivity index (χ4n) is 1.83. The fraction of sp³-hybridized carbons (Fsp3) is 0.667. The van der Waals surface area contributed by atoms with E-state index in [1.807, 2.05) is 13.8 Å². The van der Waals surface area contributed by atoms with Gasteiger partial charge in [0.25, 0.3) is 0 Å². The van der Waals surface area contributed by atoms with Crippen LogP contribution < -0.4 is 5.32 Å². The molecule has 7 nitrogen and oxygen atoms in total. The van der Waals surface area contributed by atoms with E-state index < -0.39 is 12.0 Å². The van der Waals surface area contributed by atoms with Crippen LogP contribution in [-0.2, 0) is 4.79 Å². The third-order valence-electron chi connectivity index (χ3n) is 3.21. The second-order valence-corrected chi connectivity index (χ2v) is 4.47. The predicted molar refractivity (Wildman–Crippen MR) is 68.9 cm³/mol. The van der Waals surface area contributed by atoms with Crippen LogP contribution in [0.1, 0.15) is 55.8 Å². The quantitative estimate of drug-likeness (QED) is 0.806. The minimum absolute atomic E-state index is 0.123. The Hall–Kier alpha value is -1.92. The standard InChI is InChI=1S/C12H20N4O3/c1-5-9(6-2)13-11(17)8(4)16-7(3)10(12(18)19)14-15-16/h8-9H,5-6H2,1-4H3,(H,13,17)(H,18,19). The van der Waals surface area contributed by atoms with Crippen molar-refractivity contribution >= 4 is 11.9 Å². The topological polar surface area (TPSA) is 97.1 Å². The Labute approximate surface area is 112 Å². The van der Waals surface area contributed by atoms with Crippen molar-refractivity contribution in [2.75, 3.05) is 0 Å². The number of aromatic carboxylic acids is 1. The summed E-state index contributed by atoms with van der Waals surface area (Å²) < 4.78 is 1.33. The lowest BCUT2D eigenvalue weighted by molar-refractivity contribution is -0.125. The highest BCUT2D eigenvalue weighted by molar-refractivity contribution is 5.86. The van der Waals surface area contributed by atoms with Crippen molar-refractivity contribution in [1.82, 2.24) is 20.3 Å². The van der Waals surface area contributed by atoms with E-state index in [9.17, 15) is 9.59 Å². The number of hydrogen-bond donors (Lipinski definition) is 2. The highest BCUT2D eigenvalue weighted by Crippen LogP contribution is 2.12. The van der Waals surface area contributed by atoms with Gasteiger partial charge in [-0.25, -0.2) is 9.48 Å². The largest absolute Gasteiger partial charge is 0.476 e. The molecule has 0 aliphatic rings. The summed E-state index contributed by atoms with van der Waals surface area (Å²) in [6, 6.07) is -0.459. The average Bonchev–Trinajstić information content (AvgIpc) is 2.76. The molecule has 0 radical (unpaired) electrons. The Bertz CT molecular complexity index is 466. The highest BCUT2D eigenvalue weighted by Gasteiger charge is 2.23. The molecule has 0 aliphatic carbocycles. The molecular weight excluding hydrogens is 248 g/mol. The molecule has 1 aromatic rings. The molecule has 19 heavy (non-hydrogen) atoms. The summed E-state index contributed by atoms with van der Waals surface area (Å²) in [5.74, 6) is -1.32. The highest BCUT2D eigenvalue weighted by atomic mass is 16.4. The zero-order valence-corrected chi connectivity index (χ0v) is 11.7. The minimum Gasteiger partial charge on any atom is -0.476 e. The third kappa shape index (κ3) is 3.30. The number of amides is 1. The second-order valence-electron chi connectivity index (χ2n) is 4.47. The number of carbonyl (C=O) groups excluding carboxylic acids is 1. The summed E-state index contributed by atoms with van der Waals surface area (Å²) in [6.07, 6.45) is 1.71. The Morgan fingerprint density at radius 1 is 1.37 bits per heavy atom. The number of rotatable bonds is 6. The van der Waals surface area contributed by atoms with Crippen LogP contribution in [0.15, 0.2) is 0 Å². The van der Waals surface area contributed by atoms with E-state index in [2.05, 4.69) is 15.6 Å². The van der Waals surface area contributed by atoms with Crippen LogP contribution in [0, 0.1) is 6.92 Å². The van der Waals surface area contributed by atoms with Crippen LogP contribution in [0.3, 0.4) is 0 Å². The molecule has 0 aliphatic heterocycles. The van der Waals surface area contributed by atoms with Crippen LogP contribution in [0.2, 0.25) is 0 Å². The van der Waals surface area contributed by atoms with E-state index in [1.54, 1.807) is 13.8 Å². The molecule has 0 saturated heterocycles. The molecule has 2 N–H and O–H groups in total. The van der Waals surface area contributed by atoms with E-state index in [0.29, 0.717) is 5.69 Å². The van der Waals surface area contributed by atoms with Gasteiger partial charge in [0.2, 0.25) is 5.91 Å². The number of carboxylic acid groups (broad SMARTS) is 1. The molecule has 0 spiro atoms. The lowest BCUT2D eigenvalue weighted by atomic mass is 10.1. The molecule has 1 unspecified atom stereocenters. The Kier molecular flexibility index (Phi) is 5.02. The smallest absolute Gasteiger partial charge is 0.358 e. The van der Waals surface area contributed by atoms with Gasteiger partial charge in [-0.1, -0.05) is 19.1 Å². The van der Waals surface area contributed by atoms with Crippen LogP contribution in [-0.4, -0.2) is 38.0 Å². The van der Waals surface area contributed by atoms with Gasteiger partial charge >= 0.3 is 5.97 Å². The van der Waals surface area contributed by atoms with Crippen molar-refractivity contribution in [2.24, 2.45) is 0 Å². The SMILES string of the molecule is CCC(CC)NC(=O)C(C)n1nnc(C(=O)O)c1C. The van der Waals surface area contributed by atoms with Gasteiger partial charge in [-0.05, 0) is 26.7 Å². The van der Waals surface area contributed by atoms with Crippen molar-refractivity contribution in [3.8, 4) is 0 Å². The number of hydrogen-bond acceptors (Lipinski definition) is 4. The van der Waals surface area contributed by atoms with E-state index in [0.717, 1.165) is 12.8 Å². The molecule has 1 atom stereocenters. The Morgan fingerprint density at radius 3 is 2.37 bits per heavy atom. The van der Waals surface area contributed by atoms with E-state index >= 15 is 0 Å². The summed E-state index contributed by atoms with van der Waals surface area (Å²) in [7, 11) is 0. The minimum atomic E-state index is -1.14. The van der Waals surface area contributed by atoms with Gasteiger partial charge in [0.05, 0.1) is 5.69 Å². The summed E-state index contributed by atoms with van der Waals surface area (Å²) in [4.78, 5) is 22.9. The molecule has 7 heteroatoms. The van der Waals surface area contributed by atoms with Gasteiger partial charge in [-0.3, -0.25) is 4.79 Å². The van der Waals surface area contributed by atoms with Gasteiger partial charge in [0, 0.05) is 6.04 Å². The molecular formula is C12H20N4O3. The van der Waals surface area contributed by atoms with Crippen molar-refractivity contribution in [1.29, 1.82) is 0 Å². The molecule has 0 saturated carbocycles. The summed E-state index contributed by atoms with van der Waals surface area (Å²) in [6.45, 7) is 7.26. The maximum Gasteiger partial charge on any atom is 0.358 e. The van der Waals surface area contributed by atoms with Crippen LogP contribution in [0.5, 0.6) is 0 Å². The van der Waals surface area contributed by atoms with E-state index in [4.69, 9.17) is 5.11 Å². The number of aromatic nitrogens is 3. The molecule has 0 fully saturated rings. The molecule has 0 aromatic carbocycles. The number of carboxylic acids is 1. The number of carbonyl (C=O) groups is 2. The molecule has 1 rings (SSSR count). The number of nitrogens with one attached hydrogen (secondary N) is 1. The van der Waals surface area contributed by atoms with E-state index in [1.165, 1.54) is 4.68 Å². The zero-order chi connectivity index (χ0) is 14.6. The average molecular weight is 268 g/mol. The summed E-state index contributed by atoms with van der Waals surface area (Å²) in [5.41, 5.74) is 0.252. The third-order valence-corrected chi connectivity index (χ3v) is 3.21. The van der Waals surface area contributed by atoms with Gasteiger partial charge < -0.3 is 10.4 Å². The predicted octanol–water partition coefficient (Wildman–Crippen LogP) is 1.15. The van der Waals surface area contributed by atoms with E-state index in [-0.39, 0.29) is 17.6 Å². The van der Waals surface area contributed by atoms with Gasteiger partial charge in [0.1, 0.15) is 6.04 Å². The van der Waals surface area contributed by atoms with Crippen molar-refractivity contribution in [3.05, 3.63) is 11.4 Å². The van der Waals surface area contributed by atoms with Crippen LogP contribution in [0.4, 0.5) is 0 Å². The lowest BCUT2D eigenvalue weighted by Gasteiger charge is -2.19. The zero-order valence-electron chi connectivity index (χ0n) is 11.7. The number of nitrogens with zero attached hydrogens (tertiary/aromatic N) is 3.